The van der Waals surface area contributed by atoms with Crippen molar-refractivity contribution in [3.8, 4) is 5.82 Å². The Labute approximate surface area is 151 Å². The highest BCUT2D eigenvalue weighted by Gasteiger charge is 2.34. The van der Waals surface area contributed by atoms with E-state index in [4.69, 9.17) is 0 Å². The van der Waals surface area contributed by atoms with Crippen LogP contribution in [0.4, 0.5) is 5.82 Å². The van der Waals surface area contributed by atoms with Crippen LogP contribution in [-0.4, -0.2) is 38.5 Å². The standard InChI is InChI=1S/C19H20N6O/c1-14(15-5-3-2-4-6-15)23-19(26)16-10-25(11-16)18-9-17(21-12-22-18)24-8-7-20-13-24/h2-9,12-14,16H,10-11H2,1H3,(H,23,26). The number of imidazole rings is 1. The van der Waals surface area contributed by atoms with Gasteiger partial charge < -0.3 is 10.2 Å². The van der Waals surface area contributed by atoms with Crippen molar-refractivity contribution in [3.63, 3.8) is 0 Å². The van der Waals surface area contributed by atoms with Crippen LogP contribution >= 0.6 is 0 Å². The molecule has 1 aliphatic heterocycles. The Bertz CT molecular complexity index is 874. The molecule has 26 heavy (non-hydrogen) atoms. The molecule has 7 heteroatoms. The molecule has 1 N–H and O–H groups in total. The van der Waals surface area contributed by atoms with Gasteiger partial charge in [0.2, 0.25) is 5.91 Å². The Morgan fingerprint density at radius 3 is 2.69 bits per heavy atom. The lowest BCUT2D eigenvalue weighted by molar-refractivity contribution is -0.126. The molecule has 0 bridgehead atoms. The fourth-order valence-electron chi connectivity index (χ4n) is 3.03. The van der Waals surface area contributed by atoms with E-state index >= 15 is 0 Å². The van der Waals surface area contributed by atoms with E-state index in [1.165, 1.54) is 6.33 Å². The lowest BCUT2D eigenvalue weighted by Gasteiger charge is -2.39. The highest BCUT2D eigenvalue weighted by atomic mass is 16.2. The number of carbonyl (C=O) groups is 1. The minimum atomic E-state index is -0.0205. The van der Waals surface area contributed by atoms with E-state index < -0.39 is 0 Å². The van der Waals surface area contributed by atoms with Crippen LogP contribution < -0.4 is 10.2 Å². The first kappa shape index (κ1) is 16.3. The molecular weight excluding hydrogens is 328 g/mol. The maximum atomic E-state index is 12.5. The minimum Gasteiger partial charge on any atom is -0.355 e. The summed E-state index contributed by atoms with van der Waals surface area (Å²) >= 11 is 0. The molecule has 0 aliphatic carbocycles. The van der Waals surface area contributed by atoms with Crippen molar-refractivity contribution < 1.29 is 4.79 Å². The number of nitrogens with zero attached hydrogens (tertiary/aromatic N) is 5. The van der Waals surface area contributed by atoms with E-state index in [1.807, 2.05) is 54.1 Å². The first-order valence-electron chi connectivity index (χ1n) is 8.61. The van der Waals surface area contributed by atoms with Crippen LogP contribution in [0.2, 0.25) is 0 Å². The third-order valence-electron chi connectivity index (χ3n) is 4.64. The number of carbonyl (C=O) groups excluding carboxylic acids is 1. The molecule has 7 nitrogen and oxygen atoms in total. The molecule has 3 heterocycles. The van der Waals surface area contributed by atoms with E-state index in [0.29, 0.717) is 13.1 Å². The van der Waals surface area contributed by atoms with Crippen molar-refractivity contribution >= 4 is 11.7 Å². The van der Waals surface area contributed by atoms with Crippen LogP contribution in [0.5, 0.6) is 0 Å². The average molecular weight is 348 g/mol. The van der Waals surface area contributed by atoms with Crippen molar-refractivity contribution in [2.75, 3.05) is 18.0 Å². The second-order valence-corrected chi connectivity index (χ2v) is 6.45. The lowest BCUT2D eigenvalue weighted by Crippen LogP contribution is -2.54. The largest absolute Gasteiger partial charge is 0.355 e. The number of amides is 1. The van der Waals surface area contributed by atoms with E-state index in [9.17, 15) is 4.79 Å². The highest BCUT2D eigenvalue weighted by Crippen LogP contribution is 2.24. The van der Waals surface area contributed by atoms with Crippen LogP contribution in [0.15, 0.2) is 61.4 Å². The zero-order valence-electron chi connectivity index (χ0n) is 14.5. The third kappa shape index (κ3) is 3.28. The van der Waals surface area contributed by atoms with Gasteiger partial charge in [0.05, 0.1) is 12.0 Å². The van der Waals surface area contributed by atoms with Gasteiger partial charge in [0.15, 0.2) is 0 Å². The molecule has 3 aromatic rings. The summed E-state index contributed by atoms with van der Waals surface area (Å²) in [6, 6.07) is 11.9. The van der Waals surface area contributed by atoms with Gasteiger partial charge in [-0.2, -0.15) is 0 Å². The zero-order chi connectivity index (χ0) is 17.9. The summed E-state index contributed by atoms with van der Waals surface area (Å²) in [5, 5.41) is 3.09. The van der Waals surface area contributed by atoms with Gasteiger partial charge in [0, 0.05) is 31.5 Å². The molecule has 1 saturated heterocycles. The molecule has 1 aromatic carbocycles. The quantitative estimate of drug-likeness (QED) is 0.763. The van der Waals surface area contributed by atoms with E-state index in [-0.39, 0.29) is 17.9 Å². The summed E-state index contributed by atoms with van der Waals surface area (Å²) in [6.45, 7) is 3.33. The van der Waals surface area contributed by atoms with E-state index in [0.717, 1.165) is 17.2 Å². The highest BCUT2D eigenvalue weighted by molar-refractivity contribution is 5.82. The van der Waals surface area contributed by atoms with E-state index in [1.54, 1.807) is 12.5 Å². The fraction of sp³-hybridized carbons (Fsp3) is 0.263. The van der Waals surface area contributed by atoms with Crippen molar-refractivity contribution in [3.05, 3.63) is 67.0 Å². The number of nitrogens with one attached hydrogen (secondary N) is 1. The Morgan fingerprint density at radius 1 is 1.19 bits per heavy atom. The molecule has 2 aromatic heterocycles. The van der Waals surface area contributed by atoms with Crippen LogP contribution in [0, 0.1) is 5.92 Å². The summed E-state index contributed by atoms with van der Waals surface area (Å²) in [6.07, 6.45) is 6.78. The number of aromatic nitrogens is 4. The predicted octanol–water partition coefficient (Wildman–Crippen LogP) is 1.98. The second kappa shape index (κ2) is 6.95. The molecule has 0 radical (unpaired) electrons. The van der Waals surface area contributed by atoms with Crippen LogP contribution in [0.25, 0.3) is 5.82 Å². The molecule has 4 rings (SSSR count). The van der Waals surface area contributed by atoms with Crippen LogP contribution in [0.3, 0.4) is 0 Å². The lowest BCUT2D eigenvalue weighted by atomic mass is 9.98. The number of hydrogen-bond donors (Lipinski definition) is 1. The number of anilines is 1. The normalized spacial score (nSPS) is 15.3. The van der Waals surface area contributed by atoms with Gasteiger partial charge in [-0.15, -0.1) is 0 Å². The predicted molar refractivity (Wildman–Crippen MR) is 97.9 cm³/mol. The van der Waals surface area contributed by atoms with Gasteiger partial charge in [-0.25, -0.2) is 15.0 Å². The minimum absolute atomic E-state index is 0.00430. The van der Waals surface area contributed by atoms with Gasteiger partial charge in [-0.1, -0.05) is 30.3 Å². The number of rotatable bonds is 5. The van der Waals surface area contributed by atoms with Crippen molar-refractivity contribution in [1.29, 1.82) is 0 Å². The number of hydrogen-bond acceptors (Lipinski definition) is 5. The zero-order valence-corrected chi connectivity index (χ0v) is 14.5. The Kier molecular flexibility index (Phi) is 4.35. The number of benzene rings is 1. The summed E-state index contributed by atoms with van der Waals surface area (Å²) in [5.41, 5.74) is 1.11. The smallest absolute Gasteiger partial charge is 0.227 e. The first-order chi connectivity index (χ1) is 12.7. The SMILES string of the molecule is CC(NC(=O)C1CN(c2cc(-n3ccnc3)ncn2)C1)c1ccccc1. The van der Waals surface area contributed by atoms with Crippen LogP contribution in [-0.2, 0) is 4.79 Å². The Morgan fingerprint density at radius 2 is 1.96 bits per heavy atom. The molecule has 1 aliphatic rings. The fourth-order valence-corrected chi connectivity index (χ4v) is 3.03. The van der Waals surface area contributed by atoms with Gasteiger partial charge in [0.25, 0.3) is 0 Å². The molecule has 1 atom stereocenters. The van der Waals surface area contributed by atoms with E-state index in [2.05, 4.69) is 25.2 Å². The molecule has 132 valence electrons. The molecule has 1 unspecified atom stereocenters. The summed E-state index contributed by atoms with van der Waals surface area (Å²) in [4.78, 5) is 27.1. The summed E-state index contributed by atoms with van der Waals surface area (Å²) in [7, 11) is 0. The van der Waals surface area contributed by atoms with Gasteiger partial charge in [-0.3, -0.25) is 9.36 Å². The molecule has 1 fully saturated rings. The van der Waals surface area contributed by atoms with Crippen LogP contribution in [0.1, 0.15) is 18.5 Å². The molecular formula is C19H20N6O. The summed E-state index contributed by atoms with van der Waals surface area (Å²) in [5.74, 6) is 1.65. The second-order valence-electron chi connectivity index (χ2n) is 6.45. The first-order valence-corrected chi connectivity index (χ1v) is 8.61. The molecule has 0 spiro atoms. The average Bonchev–Trinajstić information content (AvgIpc) is 3.16. The maximum absolute atomic E-state index is 12.5. The third-order valence-corrected chi connectivity index (χ3v) is 4.64. The summed E-state index contributed by atoms with van der Waals surface area (Å²) < 4.78 is 1.83. The van der Waals surface area contributed by atoms with Crippen molar-refractivity contribution in [2.24, 2.45) is 5.92 Å². The Hall–Kier alpha value is -3.22. The van der Waals surface area contributed by atoms with Crippen molar-refractivity contribution in [1.82, 2.24) is 24.8 Å². The van der Waals surface area contributed by atoms with Gasteiger partial charge in [0.1, 0.15) is 24.3 Å². The van der Waals surface area contributed by atoms with Crippen molar-refractivity contribution in [2.45, 2.75) is 13.0 Å². The monoisotopic (exact) mass is 348 g/mol. The molecule has 1 amide bonds. The topological polar surface area (TPSA) is 75.9 Å². The maximum Gasteiger partial charge on any atom is 0.227 e. The molecule has 0 saturated carbocycles. The van der Waals surface area contributed by atoms with Gasteiger partial charge >= 0.3 is 0 Å². The van der Waals surface area contributed by atoms with Gasteiger partial charge in [-0.05, 0) is 12.5 Å². The Balaban J connectivity index is 1.35.